The Bertz CT molecular complexity index is 1140. The average molecular weight is 496 g/mol. The summed E-state index contributed by atoms with van der Waals surface area (Å²) in [7, 11) is 3.25. The van der Waals surface area contributed by atoms with Crippen molar-refractivity contribution in [1.82, 2.24) is 19.7 Å². The van der Waals surface area contributed by atoms with Crippen LogP contribution in [-0.4, -0.2) is 58.6 Å². The average Bonchev–Trinajstić information content (AvgIpc) is 3.31. The van der Waals surface area contributed by atoms with Crippen LogP contribution < -0.4 is 14.8 Å². The van der Waals surface area contributed by atoms with Crippen LogP contribution in [-0.2, 0) is 4.79 Å². The number of piperidine rings is 1. The maximum atomic E-state index is 12.8. The SMILES string of the molecule is COc1ccc(-n2c(SCC(=O)Nc3cc(C)ccc3OC)nnc2[C@@H](C)N2CCCCC2)cc1. The van der Waals surface area contributed by atoms with Gasteiger partial charge in [0.15, 0.2) is 11.0 Å². The van der Waals surface area contributed by atoms with Gasteiger partial charge >= 0.3 is 0 Å². The van der Waals surface area contributed by atoms with Gasteiger partial charge in [0.1, 0.15) is 11.5 Å². The smallest absolute Gasteiger partial charge is 0.234 e. The molecule has 1 N–H and O–H groups in total. The van der Waals surface area contributed by atoms with Crippen molar-refractivity contribution >= 4 is 23.4 Å². The van der Waals surface area contributed by atoms with Crippen LogP contribution in [0.5, 0.6) is 11.5 Å². The van der Waals surface area contributed by atoms with Gasteiger partial charge in [-0.05, 0) is 81.7 Å². The Hall–Kier alpha value is -3.04. The van der Waals surface area contributed by atoms with Gasteiger partial charge in [0.2, 0.25) is 5.91 Å². The summed E-state index contributed by atoms with van der Waals surface area (Å²) in [4.78, 5) is 15.3. The molecule has 4 rings (SSSR count). The molecule has 1 aliphatic heterocycles. The number of methoxy groups -OCH3 is 2. The molecule has 0 spiro atoms. The van der Waals surface area contributed by atoms with Gasteiger partial charge in [-0.1, -0.05) is 24.2 Å². The highest BCUT2D eigenvalue weighted by Gasteiger charge is 2.26. The Morgan fingerprint density at radius 2 is 1.80 bits per heavy atom. The predicted octanol–water partition coefficient (Wildman–Crippen LogP) is 4.87. The zero-order chi connectivity index (χ0) is 24.8. The quantitative estimate of drug-likeness (QED) is 0.424. The lowest BCUT2D eigenvalue weighted by atomic mass is 10.1. The molecule has 0 saturated carbocycles. The first-order valence-corrected chi connectivity index (χ1v) is 12.9. The number of aromatic nitrogens is 3. The summed E-state index contributed by atoms with van der Waals surface area (Å²) in [6.07, 6.45) is 3.67. The Balaban J connectivity index is 1.56. The molecule has 0 unspecified atom stereocenters. The fourth-order valence-corrected chi connectivity index (χ4v) is 5.08. The highest BCUT2D eigenvalue weighted by atomic mass is 32.2. The number of ether oxygens (including phenoxy) is 2. The second kappa shape index (κ2) is 11.6. The van der Waals surface area contributed by atoms with Crippen LogP contribution in [0, 0.1) is 6.92 Å². The van der Waals surface area contributed by atoms with Gasteiger partial charge in [-0.2, -0.15) is 0 Å². The van der Waals surface area contributed by atoms with Gasteiger partial charge in [0, 0.05) is 5.69 Å². The maximum Gasteiger partial charge on any atom is 0.234 e. The minimum atomic E-state index is -0.131. The van der Waals surface area contributed by atoms with E-state index >= 15 is 0 Å². The molecule has 1 amide bonds. The highest BCUT2D eigenvalue weighted by Crippen LogP contribution is 2.31. The first-order valence-electron chi connectivity index (χ1n) is 11.9. The fourth-order valence-electron chi connectivity index (χ4n) is 4.32. The van der Waals surface area contributed by atoms with E-state index in [4.69, 9.17) is 9.47 Å². The van der Waals surface area contributed by atoms with E-state index in [1.54, 1.807) is 14.2 Å². The number of anilines is 1. The summed E-state index contributed by atoms with van der Waals surface area (Å²) in [5.41, 5.74) is 2.65. The Kier molecular flexibility index (Phi) is 8.30. The highest BCUT2D eigenvalue weighted by molar-refractivity contribution is 7.99. The van der Waals surface area contributed by atoms with Crippen molar-refractivity contribution in [2.75, 3.05) is 38.4 Å². The number of carbonyl (C=O) groups is 1. The third-order valence-corrected chi connectivity index (χ3v) is 7.19. The van der Waals surface area contributed by atoms with Crippen LogP contribution in [0.3, 0.4) is 0 Å². The lowest BCUT2D eigenvalue weighted by Gasteiger charge is -2.31. The topological polar surface area (TPSA) is 81.5 Å². The number of carbonyl (C=O) groups excluding carboxylic acids is 1. The number of amides is 1. The van der Waals surface area contributed by atoms with Crippen molar-refractivity contribution < 1.29 is 14.3 Å². The number of thioether (sulfide) groups is 1. The van der Waals surface area contributed by atoms with Crippen LogP contribution in [0.2, 0.25) is 0 Å². The van der Waals surface area contributed by atoms with Gasteiger partial charge in [0.25, 0.3) is 0 Å². The summed E-state index contributed by atoms with van der Waals surface area (Å²) in [5.74, 6) is 2.36. The van der Waals surface area contributed by atoms with Crippen molar-refractivity contribution in [3.63, 3.8) is 0 Å². The van der Waals surface area contributed by atoms with Crippen molar-refractivity contribution in [2.24, 2.45) is 0 Å². The van der Waals surface area contributed by atoms with Crippen LogP contribution in [0.25, 0.3) is 5.69 Å². The third kappa shape index (κ3) is 5.97. The normalized spacial score (nSPS) is 15.0. The first kappa shape index (κ1) is 25.1. The van der Waals surface area contributed by atoms with Crippen LogP contribution in [0.1, 0.15) is 43.6 Å². The van der Waals surface area contributed by atoms with Gasteiger partial charge in [-0.3, -0.25) is 14.3 Å². The van der Waals surface area contributed by atoms with Gasteiger partial charge in [-0.25, -0.2) is 0 Å². The lowest BCUT2D eigenvalue weighted by molar-refractivity contribution is -0.113. The Morgan fingerprint density at radius 1 is 1.06 bits per heavy atom. The van der Waals surface area contributed by atoms with Crippen LogP contribution in [0.15, 0.2) is 47.6 Å². The summed E-state index contributed by atoms with van der Waals surface area (Å²) < 4.78 is 12.8. The fraction of sp³-hybridized carbons (Fsp3) is 0.423. The van der Waals surface area contributed by atoms with E-state index in [9.17, 15) is 4.79 Å². The molecule has 186 valence electrons. The van der Waals surface area contributed by atoms with Crippen molar-refractivity contribution in [3.8, 4) is 17.2 Å². The molecule has 1 atom stereocenters. The van der Waals surface area contributed by atoms with Crippen molar-refractivity contribution in [1.29, 1.82) is 0 Å². The zero-order valence-electron chi connectivity index (χ0n) is 20.8. The van der Waals surface area contributed by atoms with E-state index < -0.39 is 0 Å². The molecule has 9 heteroatoms. The number of aryl methyl sites for hydroxylation is 1. The van der Waals surface area contributed by atoms with Crippen LogP contribution >= 0.6 is 11.8 Å². The zero-order valence-corrected chi connectivity index (χ0v) is 21.6. The van der Waals surface area contributed by atoms with Gasteiger partial charge in [0.05, 0.1) is 31.7 Å². The number of rotatable bonds is 9. The standard InChI is InChI=1S/C26H33N5O3S/c1-18-8-13-23(34-4)22(16-18)27-24(32)17-35-26-29-28-25(19(2)30-14-6-5-7-15-30)31(26)20-9-11-21(33-3)12-10-20/h8-13,16,19H,5-7,14-15,17H2,1-4H3,(H,27,32)/t19-/m1/s1. The molecular weight excluding hydrogens is 462 g/mol. The minimum absolute atomic E-state index is 0.115. The van der Waals surface area contributed by atoms with E-state index in [-0.39, 0.29) is 17.7 Å². The van der Waals surface area contributed by atoms with E-state index in [0.717, 1.165) is 35.9 Å². The molecule has 1 saturated heterocycles. The first-order chi connectivity index (χ1) is 17.0. The predicted molar refractivity (Wildman–Crippen MR) is 139 cm³/mol. The molecular formula is C26H33N5O3S. The van der Waals surface area contributed by atoms with E-state index in [1.807, 2.05) is 49.4 Å². The molecule has 1 aromatic heterocycles. The molecule has 0 bridgehead atoms. The number of benzene rings is 2. The summed E-state index contributed by atoms with van der Waals surface area (Å²) in [5, 5.41) is 12.7. The number of nitrogens with one attached hydrogen (secondary N) is 1. The molecule has 1 fully saturated rings. The Morgan fingerprint density at radius 3 is 2.49 bits per heavy atom. The van der Waals surface area contributed by atoms with Gasteiger partial charge in [-0.15, -0.1) is 10.2 Å². The minimum Gasteiger partial charge on any atom is -0.497 e. The molecule has 2 heterocycles. The van der Waals surface area contributed by atoms with Crippen LogP contribution in [0.4, 0.5) is 5.69 Å². The molecule has 1 aliphatic rings. The van der Waals surface area contributed by atoms with Gasteiger partial charge < -0.3 is 14.8 Å². The molecule has 2 aromatic carbocycles. The molecule has 3 aromatic rings. The molecule has 0 aliphatic carbocycles. The van der Waals surface area contributed by atoms with E-state index in [2.05, 4.69) is 31.9 Å². The second-order valence-corrected chi connectivity index (χ2v) is 9.63. The molecule has 0 radical (unpaired) electrons. The van der Waals surface area contributed by atoms with Crippen molar-refractivity contribution in [3.05, 3.63) is 53.9 Å². The largest absolute Gasteiger partial charge is 0.497 e. The molecule has 8 nitrogen and oxygen atoms in total. The molecule has 35 heavy (non-hydrogen) atoms. The third-order valence-electron chi connectivity index (χ3n) is 6.26. The second-order valence-electron chi connectivity index (χ2n) is 8.69. The van der Waals surface area contributed by atoms with E-state index in [1.165, 1.54) is 31.0 Å². The Labute approximate surface area is 211 Å². The number of hydrogen-bond acceptors (Lipinski definition) is 7. The van der Waals surface area contributed by atoms with E-state index in [0.29, 0.717) is 16.6 Å². The monoisotopic (exact) mass is 495 g/mol. The van der Waals surface area contributed by atoms with Crippen molar-refractivity contribution in [2.45, 2.75) is 44.3 Å². The summed E-state index contributed by atoms with van der Waals surface area (Å²) in [6.45, 7) is 6.27. The summed E-state index contributed by atoms with van der Waals surface area (Å²) in [6, 6.07) is 13.7. The maximum absolute atomic E-state index is 12.8. The summed E-state index contributed by atoms with van der Waals surface area (Å²) >= 11 is 1.37. The number of hydrogen-bond donors (Lipinski definition) is 1. The number of likely N-dealkylation sites (tertiary alicyclic amines) is 1. The lowest BCUT2D eigenvalue weighted by Crippen LogP contribution is -2.33. The number of nitrogens with zero attached hydrogens (tertiary/aromatic N) is 4.